The number of hydrogen-bond donors (Lipinski definition) is 1. The van der Waals surface area contributed by atoms with E-state index >= 15 is 0 Å². The number of rotatable bonds is 2. The van der Waals surface area contributed by atoms with Crippen molar-refractivity contribution < 1.29 is 18.0 Å². The Morgan fingerprint density at radius 1 is 1.32 bits per heavy atom. The average Bonchev–Trinajstić information content (AvgIpc) is 2.75. The molecule has 0 unspecified atom stereocenters. The minimum absolute atomic E-state index is 0.134. The standard InChI is InChI=1S/C12H9F3N2OS/c1-7-6-19-11(16-7)10(18)17-9-5-3-2-4-8(9)12(13,14)15/h2-6H,1H3,(H,17,18). The summed E-state index contributed by atoms with van der Waals surface area (Å²) in [5, 5.41) is 4.03. The molecule has 1 heterocycles. The van der Waals surface area contributed by atoms with Gasteiger partial charge in [0.15, 0.2) is 5.01 Å². The van der Waals surface area contributed by atoms with Crippen LogP contribution in [0.25, 0.3) is 0 Å². The summed E-state index contributed by atoms with van der Waals surface area (Å²) < 4.78 is 38.2. The summed E-state index contributed by atoms with van der Waals surface area (Å²) in [6.07, 6.45) is -4.51. The van der Waals surface area contributed by atoms with Gasteiger partial charge in [-0.3, -0.25) is 4.79 Å². The molecule has 0 saturated carbocycles. The predicted octanol–water partition coefficient (Wildman–Crippen LogP) is 3.72. The molecule has 0 saturated heterocycles. The number of benzene rings is 1. The summed E-state index contributed by atoms with van der Waals surface area (Å²) in [5.41, 5.74) is -0.497. The molecular weight excluding hydrogens is 277 g/mol. The summed E-state index contributed by atoms with van der Waals surface area (Å²) >= 11 is 1.09. The Bertz CT molecular complexity index is 607. The third-order valence-electron chi connectivity index (χ3n) is 2.29. The fourth-order valence-electron chi connectivity index (χ4n) is 1.47. The molecule has 19 heavy (non-hydrogen) atoms. The third kappa shape index (κ3) is 3.11. The van der Waals surface area contributed by atoms with Crippen LogP contribution in [-0.2, 0) is 6.18 Å². The second-order valence-electron chi connectivity index (χ2n) is 3.79. The smallest absolute Gasteiger partial charge is 0.319 e. The minimum atomic E-state index is -4.51. The number of aryl methyl sites for hydroxylation is 1. The zero-order valence-corrected chi connectivity index (χ0v) is 10.6. The molecular formula is C12H9F3N2OS. The van der Waals surface area contributed by atoms with E-state index in [1.807, 2.05) is 0 Å². The van der Waals surface area contributed by atoms with E-state index in [1.165, 1.54) is 18.2 Å². The topological polar surface area (TPSA) is 42.0 Å². The van der Waals surface area contributed by atoms with Gasteiger partial charge in [-0.2, -0.15) is 13.2 Å². The zero-order valence-electron chi connectivity index (χ0n) is 9.78. The van der Waals surface area contributed by atoms with E-state index < -0.39 is 17.6 Å². The average molecular weight is 286 g/mol. The van der Waals surface area contributed by atoms with Gasteiger partial charge >= 0.3 is 6.18 Å². The van der Waals surface area contributed by atoms with Crippen LogP contribution in [0.5, 0.6) is 0 Å². The fourth-order valence-corrected chi connectivity index (χ4v) is 2.16. The second kappa shape index (κ2) is 5.00. The van der Waals surface area contributed by atoms with Crippen molar-refractivity contribution in [1.82, 2.24) is 4.98 Å². The van der Waals surface area contributed by atoms with E-state index in [0.717, 1.165) is 17.4 Å². The van der Waals surface area contributed by atoms with Gasteiger partial charge in [-0.05, 0) is 19.1 Å². The molecule has 0 aliphatic carbocycles. The number of anilines is 1. The largest absolute Gasteiger partial charge is 0.418 e. The molecule has 1 N–H and O–H groups in total. The van der Waals surface area contributed by atoms with Gasteiger partial charge < -0.3 is 5.32 Å². The summed E-state index contributed by atoms with van der Waals surface area (Å²) in [5.74, 6) is -0.644. The number of aromatic nitrogens is 1. The molecule has 0 spiro atoms. The van der Waals surface area contributed by atoms with Crippen molar-refractivity contribution in [3.8, 4) is 0 Å². The highest BCUT2D eigenvalue weighted by Crippen LogP contribution is 2.34. The predicted molar refractivity (Wildman–Crippen MR) is 66.2 cm³/mol. The van der Waals surface area contributed by atoms with Gasteiger partial charge in [0.1, 0.15) is 0 Å². The van der Waals surface area contributed by atoms with Gasteiger partial charge in [0.2, 0.25) is 0 Å². The van der Waals surface area contributed by atoms with Gasteiger partial charge in [0, 0.05) is 11.1 Å². The van der Waals surface area contributed by atoms with Crippen molar-refractivity contribution in [2.45, 2.75) is 13.1 Å². The lowest BCUT2D eigenvalue weighted by atomic mass is 10.1. The SMILES string of the molecule is Cc1csc(C(=O)Nc2ccccc2C(F)(F)F)n1. The molecule has 1 aromatic heterocycles. The Labute approximate surface area is 111 Å². The first-order chi connectivity index (χ1) is 8.88. The lowest BCUT2D eigenvalue weighted by Crippen LogP contribution is -2.16. The molecule has 0 fully saturated rings. The first-order valence-corrected chi connectivity index (χ1v) is 6.15. The number of carbonyl (C=O) groups is 1. The molecule has 3 nitrogen and oxygen atoms in total. The van der Waals surface area contributed by atoms with Crippen LogP contribution < -0.4 is 5.32 Å². The van der Waals surface area contributed by atoms with Crippen LogP contribution in [0.15, 0.2) is 29.6 Å². The number of thiazole rings is 1. The number of hydrogen-bond acceptors (Lipinski definition) is 3. The van der Waals surface area contributed by atoms with Crippen molar-refractivity contribution in [3.63, 3.8) is 0 Å². The summed E-state index contributed by atoms with van der Waals surface area (Å²) in [6, 6.07) is 4.83. The van der Waals surface area contributed by atoms with Gasteiger partial charge in [-0.1, -0.05) is 12.1 Å². The molecule has 0 aliphatic heterocycles. The summed E-state index contributed by atoms with van der Waals surface area (Å²) in [6.45, 7) is 1.71. The molecule has 2 rings (SSSR count). The Balaban J connectivity index is 2.27. The van der Waals surface area contributed by atoms with E-state index in [1.54, 1.807) is 12.3 Å². The van der Waals surface area contributed by atoms with E-state index in [2.05, 4.69) is 10.3 Å². The molecule has 0 aliphatic rings. The van der Waals surface area contributed by atoms with Crippen molar-refractivity contribution >= 4 is 22.9 Å². The van der Waals surface area contributed by atoms with Crippen LogP contribution >= 0.6 is 11.3 Å². The van der Waals surface area contributed by atoms with Crippen molar-refractivity contribution in [3.05, 3.63) is 45.9 Å². The first-order valence-electron chi connectivity index (χ1n) is 5.27. The molecule has 2 aromatic rings. The Hall–Kier alpha value is -1.89. The first kappa shape index (κ1) is 13.5. The Morgan fingerprint density at radius 3 is 2.58 bits per heavy atom. The number of para-hydroxylation sites is 1. The zero-order chi connectivity index (χ0) is 14.0. The normalized spacial score (nSPS) is 11.4. The van der Waals surface area contributed by atoms with Gasteiger partial charge in [-0.25, -0.2) is 4.98 Å². The quantitative estimate of drug-likeness (QED) is 0.914. The minimum Gasteiger partial charge on any atom is -0.319 e. The van der Waals surface area contributed by atoms with Crippen LogP contribution in [0.4, 0.5) is 18.9 Å². The van der Waals surface area contributed by atoms with Gasteiger partial charge in [-0.15, -0.1) is 11.3 Å². The molecule has 100 valence electrons. The van der Waals surface area contributed by atoms with Crippen LogP contribution in [0.1, 0.15) is 21.1 Å². The Kier molecular flexibility index (Phi) is 3.57. The molecule has 0 radical (unpaired) electrons. The van der Waals surface area contributed by atoms with Gasteiger partial charge in [0.05, 0.1) is 11.3 Å². The van der Waals surface area contributed by atoms with E-state index in [-0.39, 0.29) is 10.7 Å². The van der Waals surface area contributed by atoms with Crippen molar-refractivity contribution in [2.75, 3.05) is 5.32 Å². The van der Waals surface area contributed by atoms with Crippen molar-refractivity contribution in [1.29, 1.82) is 0 Å². The highest BCUT2D eigenvalue weighted by Gasteiger charge is 2.33. The van der Waals surface area contributed by atoms with E-state index in [0.29, 0.717) is 5.69 Å². The maximum atomic E-state index is 12.7. The maximum absolute atomic E-state index is 12.7. The molecule has 0 bridgehead atoms. The number of alkyl halides is 3. The van der Waals surface area contributed by atoms with E-state index in [9.17, 15) is 18.0 Å². The third-order valence-corrected chi connectivity index (χ3v) is 3.25. The number of amides is 1. The van der Waals surface area contributed by atoms with E-state index in [4.69, 9.17) is 0 Å². The number of nitrogens with one attached hydrogen (secondary N) is 1. The van der Waals surface area contributed by atoms with Crippen LogP contribution in [-0.4, -0.2) is 10.9 Å². The lowest BCUT2D eigenvalue weighted by molar-refractivity contribution is -0.136. The maximum Gasteiger partial charge on any atom is 0.418 e. The summed E-state index contributed by atoms with van der Waals surface area (Å²) in [4.78, 5) is 15.7. The van der Waals surface area contributed by atoms with Crippen LogP contribution in [0, 0.1) is 6.92 Å². The van der Waals surface area contributed by atoms with Gasteiger partial charge in [0.25, 0.3) is 5.91 Å². The Morgan fingerprint density at radius 2 is 2.00 bits per heavy atom. The van der Waals surface area contributed by atoms with Crippen LogP contribution in [0.2, 0.25) is 0 Å². The summed E-state index contributed by atoms with van der Waals surface area (Å²) in [7, 11) is 0. The molecule has 7 heteroatoms. The van der Waals surface area contributed by atoms with Crippen molar-refractivity contribution in [2.24, 2.45) is 0 Å². The molecule has 1 amide bonds. The highest BCUT2D eigenvalue weighted by molar-refractivity contribution is 7.11. The molecule has 0 atom stereocenters. The number of nitrogens with zero attached hydrogens (tertiary/aromatic N) is 1. The number of halogens is 3. The monoisotopic (exact) mass is 286 g/mol. The lowest BCUT2D eigenvalue weighted by Gasteiger charge is -2.12. The fraction of sp³-hybridized carbons (Fsp3) is 0.167. The second-order valence-corrected chi connectivity index (χ2v) is 4.65. The number of carbonyl (C=O) groups excluding carboxylic acids is 1. The molecule has 1 aromatic carbocycles. The highest BCUT2D eigenvalue weighted by atomic mass is 32.1. The van der Waals surface area contributed by atoms with Crippen LogP contribution in [0.3, 0.4) is 0 Å².